The number of anilines is 1. The zero-order valence-corrected chi connectivity index (χ0v) is 15.8. The van der Waals surface area contributed by atoms with E-state index in [-0.39, 0.29) is 0 Å². The summed E-state index contributed by atoms with van der Waals surface area (Å²) in [6, 6.07) is 8.07. The molecule has 0 bridgehead atoms. The number of hydrogen-bond donors (Lipinski definition) is 0. The van der Waals surface area contributed by atoms with Crippen LogP contribution in [0.4, 0.5) is 5.69 Å². The molecule has 7 heteroatoms. The predicted octanol–water partition coefficient (Wildman–Crippen LogP) is 4.97. The lowest BCUT2D eigenvalue weighted by Crippen LogP contribution is -2.32. The van der Waals surface area contributed by atoms with Gasteiger partial charge in [-0.05, 0) is 43.2 Å². The van der Waals surface area contributed by atoms with Crippen LogP contribution in [0.2, 0.25) is 5.02 Å². The van der Waals surface area contributed by atoms with Crippen molar-refractivity contribution in [2.75, 3.05) is 4.90 Å². The molecule has 0 saturated heterocycles. The van der Waals surface area contributed by atoms with E-state index in [4.69, 9.17) is 27.7 Å². The number of aryl methyl sites for hydroxylation is 2. The summed E-state index contributed by atoms with van der Waals surface area (Å²) in [5.41, 5.74) is 5.42. The summed E-state index contributed by atoms with van der Waals surface area (Å²) in [6.07, 6.45) is 5.20. The van der Waals surface area contributed by atoms with Gasteiger partial charge in [-0.15, -0.1) is 0 Å². The Balaban J connectivity index is 1.72. The molecule has 0 amide bonds. The number of aromatic nitrogens is 2. The normalized spacial score (nSPS) is 16.0. The molecule has 4 rings (SSSR count). The maximum absolute atomic E-state index is 6.44. The topological polar surface area (TPSA) is 54.5 Å². The van der Waals surface area contributed by atoms with Crippen LogP contribution in [-0.4, -0.2) is 22.0 Å². The Morgan fingerprint density at radius 1 is 1.19 bits per heavy atom. The first-order chi connectivity index (χ1) is 12.5. The van der Waals surface area contributed by atoms with E-state index in [1.54, 1.807) is 18.6 Å². The van der Waals surface area contributed by atoms with E-state index in [9.17, 15) is 0 Å². The van der Waals surface area contributed by atoms with Crippen molar-refractivity contribution in [2.24, 2.45) is 4.99 Å². The maximum Gasteiger partial charge on any atom is 0.198 e. The molecule has 3 heterocycles. The molecule has 26 heavy (non-hydrogen) atoms. The average molecular weight is 387 g/mol. The first kappa shape index (κ1) is 17.1. The minimum Gasteiger partial charge on any atom is -0.361 e. The van der Waals surface area contributed by atoms with Crippen LogP contribution in [0.5, 0.6) is 0 Å². The largest absolute Gasteiger partial charge is 0.361 e. The summed E-state index contributed by atoms with van der Waals surface area (Å²) in [7, 11) is 0. The van der Waals surface area contributed by atoms with E-state index >= 15 is 0 Å². The lowest BCUT2D eigenvalue weighted by atomic mass is 10.00. The molecular weight excluding hydrogens is 371 g/mol. The third kappa shape index (κ3) is 3.08. The quantitative estimate of drug-likeness (QED) is 0.471. The van der Waals surface area contributed by atoms with Gasteiger partial charge in [-0.2, -0.15) is 0 Å². The number of hydrogen-bond acceptors (Lipinski definition) is 5. The Bertz CT molecular complexity index is 979. The second-order valence-electron chi connectivity index (χ2n) is 6.20. The highest BCUT2D eigenvalue weighted by molar-refractivity contribution is 6.30. The highest BCUT2D eigenvalue weighted by Gasteiger charge is 2.23. The van der Waals surface area contributed by atoms with Crippen molar-refractivity contribution in [3.05, 3.63) is 64.3 Å². The summed E-state index contributed by atoms with van der Waals surface area (Å²) >= 11 is 12.5. The van der Waals surface area contributed by atoms with Crippen LogP contribution in [0, 0.1) is 13.8 Å². The van der Waals surface area contributed by atoms with Crippen molar-refractivity contribution in [3.8, 4) is 11.1 Å². The second-order valence-corrected chi connectivity index (χ2v) is 7.03. The van der Waals surface area contributed by atoms with Crippen molar-refractivity contribution < 1.29 is 4.52 Å². The molecule has 0 fully saturated rings. The number of alkyl halides is 1. The molecule has 1 atom stereocenters. The molecule has 1 aromatic carbocycles. The van der Waals surface area contributed by atoms with E-state index < -0.39 is 5.62 Å². The minimum absolute atomic E-state index is 0.480. The van der Waals surface area contributed by atoms with Crippen LogP contribution in [-0.2, 0) is 6.54 Å². The predicted molar refractivity (Wildman–Crippen MR) is 104 cm³/mol. The number of fused-ring (bicyclic) bond motifs is 1. The van der Waals surface area contributed by atoms with Gasteiger partial charge in [0, 0.05) is 42.0 Å². The van der Waals surface area contributed by atoms with Crippen LogP contribution in [0.1, 0.15) is 22.6 Å². The van der Waals surface area contributed by atoms with Gasteiger partial charge in [0.15, 0.2) is 5.62 Å². The summed E-state index contributed by atoms with van der Waals surface area (Å²) < 4.78 is 5.29. The third-order valence-corrected chi connectivity index (χ3v) is 4.92. The summed E-state index contributed by atoms with van der Waals surface area (Å²) in [4.78, 5) is 10.6. The van der Waals surface area contributed by atoms with Gasteiger partial charge in [0.05, 0.1) is 10.7 Å². The van der Waals surface area contributed by atoms with E-state index in [2.05, 4.69) is 33.3 Å². The molecule has 5 nitrogen and oxygen atoms in total. The summed E-state index contributed by atoms with van der Waals surface area (Å²) in [5, 5.41) is 4.64. The highest BCUT2D eigenvalue weighted by Crippen LogP contribution is 2.34. The van der Waals surface area contributed by atoms with Gasteiger partial charge in [0.1, 0.15) is 5.76 Å². The van der Waals surface area contributed by atoms with E-state index in [0.717, 1.165) is 39.4 Å². The average Bonchev–Trinajstić information content (AvgIpc) is 2.96. The SMILES string of the molecule is Cc1noc(C)c1-c1ccc2c(c1)C=NC(Cl)N2Cc1cncc(Cl)c1. The van der Waals surface area contributed by atoms with Gasteiger partial charge in [-0.1, -0.05) is 34.4 Å². The first-order valence-electron chi connectivity index (χ1n) is 8.13. The zero-order valence-electron chi connectivity index (χ0n) is 14.3. The lowest BCUT2D eigenvalue weighted by Gasteiger charge is -2.31. The van der Waals surface area contributed by atoms with Crippen LogP contribution in [0.3, 0.4) is 0 Å². The fraction of sp³-hybridized carbons (Fsp3) is 0.211. The van der Waals surface area contributed by atoms with Gasteiger partial charge < -0.3 is 9.42 Å². The highest BCUT2D eigenvalue weighted by atomic mass is 35.5. The molecule has 2 aromatic heterocycles. The molecule has 1 aliphatic rings. The number of nitrogens with zero attached hydrogens (tertiary/aromatic N) is 4. The Morgan fingerprint density at radius 2 is 2.04 bits per heavy atom. The molecular formula is C19H16Cl2N4O. The Kier molecular flexibility index (Phi) is 4.42. The van der Waals surface area contributed by atoms with Crippen molar-refractivity contribution in [1.29, 1.82) is 0 Å². The van der Waals surface area contributed by atoms with Gasteiger partial charge in [-0.3, -0.25) is 9.98 Å². The lowest BCUT2D eigenvalue weighted by molar-refractivity contribution is 0.393. The number of rotatable bonds is 3. The molecule has 0 aliphatic carbocycles. The molecule has 0 spiro atoms. The third-order valence-electron chi connectivity index (χ3n) is 4.37. The Labute approximate surface area is 161 Å². The number of halogens is 2. The molecule has 1 unspecified atom stereocenters. The second kappa shape index (κ2) is 6.74. The fourth-order valence-corrected chi connectivity index (χ4v) is 3.63. The standard InChI is InChI=1S/C19H16Cl2N4O/c1-11-18(12(2)26-24-11)14-3-4-17-15(6-14)8-23-19(21)25(17)10-13-5-16(20)9-22-7-13/h3-9,19H,10H2,1-2H3. The Hall–Kier alpha value is -2.37. The molecule has 0 saturated carbocycles. The molecule has 132 valence electrons. The van der Waals surface area contributed by atoms with Gasteiger partial charge in [-0.25, -0.2) is 0 Å². The fourth-order valence-electron chi connectivity index (χ4n) is 3.21. The van der Waals surface area contributed by atoms with Crippen molar-refractivity contribution in [3.63, 3.8) is 0 Å². The van der Waals surface area contributed by atoms with Gasteiger partial charge in [0.25, 0.3) is 0 Å². The van der Waals surface area contributed by atoms with Crippen molar-refractivity contribution in [1.82, 2.24) is 10.1 Å². The first-order valence-corrected chi connectivity index (χ1v) is 8.95. The van der Waals surface area contributed by atoms with Crippen molar-refractivity contribution >= 4 is 35.1 Å². The number of pyridine rings is 1. The molecule has 3 aromatic rings. The van der Waals surface area contributed by atoms with Crippen LogP contribution >= 0.6 is 23.2 Å². The van der Waals surface area contributed by atoms with Gasteiger partial charge >= 0.3 is 0 Å². The molecule has 1 aliphatic heterocycles. The van der Waals surface area contributed by atoms with E-state index in [0.29, 0.717) is 11.6 Å². The maximum atomic E-state index is 6.44. The van der Waals surface area contributed by atoms with Crippen LogP contribution < -0.4 is 4.90 Å². The zero-order chi connectivity index (χ0) is 18.3. The van der Waals surface area contributed by atoms with E-state index in [1.807, 2.05) is 24.8 Å². The Morgan fingerprint density at radius 3 is 2.77 bits per heavy atom. The molecule has 0 N–H and O–H groups in total. The van der Waals surface area contributed by atoms with Crippen LogP contribution in [0.15, 0.2) is 46.2 Å². The molecule has 0 radical (unpaired) electrons. The monoisotopic (exact) mass is 386 g/mol. The smallest absolute Gasteiger partial charge is 0.198 e. The number of aliphatic imine (C=N–C) groups is 1. The van der Waals surface area contributed by atoms with Gasteiger partial charge in [0.2, 0.25) is 0 Å². The summed E-state index contributed by atoms with van der Waals surface area (Å²) in [6.45, 7) is 4.42. The number of benzene rings is 1. The summed E-state index contributed by atoms with van der Waals surface area (Å²) in [5.74, 6) is 0.798. The van der Waals surface area contributed by atoms with Crippen LogP contribution in [0.25, 0.3) is 11.1 Å². The van der Waals surface area contributed by atoms with Crippen molar-refractivity contribution in [2.45, 2.75) is 26.0 Å². The van der Waals surface area contributed by atoms with E-state index in [1.165, 1.54) is 0 Å². The minimum atomic E-state index is -0.480.